The second-order valence-corrected chi connectivity index (χ2v) is 2.48. The first kappa shape index (κ1) is 25.3. The Morgan fingerprint density at radius 1 is 0.938 bits per heavy atom. The monoisotopic (exact) mass is 449 g/mol. The second kappa shape index (κ2) is 10.5. The molecule has 0 spiro atoms. The van der Waals surface area contributed by atoms with Crippen LogP contribution in [0.1, 0.15) is 12.8 Å². The summed E-state index contributed by atoms with van der Waals surface area (Å²) in [6, 6.07) is 0. The van der Waals surface area contributed by atoms with Gasteiger partial charge in [-0.1, -0.05) is 0 Å². The van der Waals surface area contributed by atoms with Crippen molar-refractivity contribution in [3.05, 3.63) is 0 Å². The molecule has 0 aliphatic rings. The van der Waals surface area contributed by atoms with Gasteiger partial charge >= 0.3 is 47.5 Å². The molecule has 0 fully saturated rings. The number of aliphatic carboxylic acids is 3. The number of hydrogen-bond donors (Lipinski definition) is 4. The van der Waals surface area contributed by atoms with Crippen molar-refractivity contribution in [3.63, 3.8) is 0 Å². The third kappa shape index (κ3) is 9.61. The van der Waals surface area contributed by atoms with Crippen LogP contribution in [0.25, 0.3) is 0 Å². The Morgan fingerprint density at radius 3 is 1.31 bits per heavy atom. The van der Waals surface area contributed by atoms with Gasteiger partial charge < -0.3 is 20.4 Å². The molecule has 0 aromatic carbocycles. The number of carboxylic acids is 3. The van der Waals surface area contributed by atoms with E-state index in [1.54, 1.807) is 0 Å². The zero-order valence-electron chi connectivity index (χ0n) is 7.14. The zero-order chi connectivity index (χ0) is 10.6. The Labute approximate surface area is 134 Å². The van der Waals surface area contributed by atoms with Crippen molar-refractivity contribution in [1.82, 2.24) is 0 Å². The first-order valence-corrected chi connectivity index (χ1v) is 3.17. The predicted octanol–water partition coefficient (Wildman–Crippen LogP) is -1.48. The van der Waals surface area contributed by atoms with Gasteiger partial charge in [-0.3, -0.25) is 9.59 Å². The fourth-order valence-electron chi connectivity index (χ4n) is 0.714. The van der Waals surface area contributed by atoms with Gasteiger partial charge in [0.15, 0.2) is 5.60 Å². The molecule has 0 saturated carbocycles. The van der Waals surface area contributed by atoms with E-state index >= 15 is 0 Å². The number of aliphatic hydroxyl groups is 1. The van der Waals surface area contributed by atoms with E-state index < -0.39 is 36.4 Å². The van der Waals surface area contributed by atoms with Gasteiger partial charge in [0, 0.05) is 22.4 Å². The number of hydrogen-bond acceptors (Lipinski definition) is 4. The van der Waals surface area contributed by atoms with Crippen LogP contribution in [0.3, 0.4) is 0 Å². The zero-order valence-corrected chi connectivity index (χ0v) is 10.1. The summed E-state index contributed by atoms with van der Waals surface area (Å²) in [7, 11) is 0. The van der Waals surface area contributed by atoms with Crippen LogP contribution in [0.15, 0.2) is 0 Å². The van der Waals surface area contributed by atoms with Crippen LogP contribution >= 0.6 is 12.4 Å². The van der Waals surface area contributed by atoms with Gasteiger partial charge in [-0.25, -0.2) is 4.79 Å². The van der Waals surface area contributed by atoms with Crippen molar-refractivity contribution in [1.29, 1.82) is 0 Å². The van der Waals surface area contributed by atoms with Crippen molar-refractivity contribution in [2.45, 2.75) is 18.4 Å². The average molecular weight is 450 g/mol. The fraction of sp³-hybridized carbons (Fsp3) is 0.500. The molecule has 0 unspecified atom stereocenters. The second-order valence-electron chi connectivity index (χ2n) is 2.48. The number of rotatable bonds is 5. The molecular formula is C6H10AuClNaO7. The molecule has 0 heterocycles. The van der Waals surface area contributed by atoms with Gasteiger partial charge in [0.25, 0.3) is 0 Å². The minimum atomic E-state index is -2.74. The molecule has 0 aliphatic carbocycles. The normalized spacial score (nSPS) is 8.81. The maximum absolute atomic E-state index is 10.3. The van der Waals surface area contributed by atoms with Crippen molar-refractivity contribution in [3.8, 4) is 0 Å². The Kier molecular flexibility index (Phi) is 16.7. The van der Waals surface area contributed by atoms with Crippen molar-refractivity contribution in [2.24, 2.45) is 0 Å². The predicted molar refractivity (Wildman–Crippen MR) is 51.5 cm³/mol. The van der Waals surface area contributed by atoms with E-state index in [4.69, 9.17) is 20.4 Å². The van der Waals surface area contributed by atoms with E-state index in [0.29, 0.717) is 0 Å². The number of halogens is 1. The first-order valence-electron chi connectivity index (χ1n) is 3.17. The van der Waals surface area contributed by atoms with Crippen LogP contribution in [0.2, 0.25) is 0 Å². The summed E-state index contributed by atoms with van der Waals surface area (Å²) in [5.41, 5.74) is -2.74. The van der Waals surface area contributed by atoms with Crippen LogP contribution < -0.4 is 0 Å². The summed E-state index contributed by atoms with van der Waals surface area (Å²) in [6.45, 7) is 0. The molecule has 0 rings (SSSR count). The summed E-state index contributed by atoms with van der Waals surface area (Å²) < 4.78 is 0. The van der Waals surface area contributed by atoms with Gasteiger partial charge in [0.1, 0.15) is 0 Å². The van der Waals surface area contributed by atoms with Gasteiger partial charge in [-0.05, 0) is 0 Å². The molecule has 0 atom stereocenters. The molecule has 10 heteroatoms. The summed E-state index contributed by atoms with van der Waals surface area (Å²) in [5.74, 6) is -5.02. The maximum atomic E-state index is 10.3. The molecule has 7 nitrogen and oxygen atoms in total. The molecule has 0 saturated heterocycles. The molecule has 0 aliphatic heterocycles. The van der Waals surface area contributed by atoms with Crippen molar-refractivity contribution >= 4 is 59.9 Å². The van der Waals surface area contributed by atoms with Crippen molar-refractivity contribution < 1.29 is 57.2 Å². The topological polar surface area (TPSA) is 132 Å². The Balaban J connectivity index is -0.000000240. The van der Waals surface area contributed by atoms with Crippen LogP contribution in [0.4, 0.5) is 0 Å². The van der Waals surface area contributed by atoms with E-state index in [-0.39, 0.29) is 64.3 Å². The molecular weight excluding hydrogens is 439 g/mol. The SMILES string of the molecule is Cl.O=C(O)CC(O)(CC(=O)O)C(=O)O.[Au].[NaH]. The molecule has 0 aromatic heterocycles. The summed E-state index contributed by atoms with van der Waals surface area (Å²) in [5, 5.41) is 33.8. The minimum absolute atomic E-state index is 0. The molecule has 95 valence electrons. The molecule has 0 bridgehead atoms. The van der Waals surface area contributed by atoms with E-state index in [0.717, 1.165) is 0 Å². The van der Waals surface area contributed by atoms with Crippen LogP contribution in [0.5, 0.6) is 0 Å². The van der Waals surface area contributed by atoms with E-state index in [1.165, 1.54) is 0 Å². The third-order valence-corrected chi connectivity index (χ3v) is 1.29. The Morgan fingerprint density at radius 2 is 1.19 bits per heavy atom. The molecule has 4 N–H and O–H groups in total. The summed E-state index contributed by atoms with van der Waals surface area (Å²) >= 11 is 0. The molecule has 16 heavy (non-hydrogen) atoms. The van der Waals surface area contributed by atoms with Gasteiger partial charge in [0.2, 0.25) is 0 Å². The van der Waals surface area contributed by atoms with Crippen LogP contribution in [0, 0.1) is 0 Å². The summed E-state index contributed by atoms with van der Waals surface area (Å²) in [6.07, 6.45) is -2.29. The third-order valence-electron chi connectivity index (χ3n) is 1.29. The Bertz CT molecular complexity index is 243. The fourth-order valence-corrected chi connectivity index (χ4v) is 0.714. The average Bonchev–Trinajstić information content (AvgIpc) is 1.82. The van der Waals surface area contributed by atoms with Gasteiger partial charge in [0.05, 0.1) is 12.8 Å². The molecule has 1 radical (unpaired) electrons. The quantitative estimate of drug-likeness (QED) is 0.377. The van der Waals surface area contributed by atoms with Gasteiger partial charge in [-0.15, -0.1) is 12.4 Å². The van der Waals surface area contributed by atoms with Crippen molar-refractivity contribution in [2.75, 3.05) is 0 Å². The van der Waals surface area contributed by atoms with E-state index in [1.807, 2.05) is 0 Å². The van der Waals surface area contributed by atoms with Crippen LogP contribution in [-0.4, -0.2) is 73.5 Å². The standard InChI is InChI=1S/C6H8O7.Au.ClH.Na.H/c7-3(8)1-6(13,5(11)12)2-4(9)10;;;;/h13H,1-2H2,(H,7,8)(H,9,10)(H,11,12);;1H;;. The molecule has 0 amide bonds. The first-order chi connectivity index (χ1) is 5.78. The summed E-state index contributed by atoms with van der Waals surface area (Å²) in [4.78, 5) is 30.5. The van der Waals surface area contributed by atoms with Crippen LogP contribution in [-0.2, 0) is 36.8 Å². The Hall–Kier alpha value is 0.400. The number of carboxylic acid groups (broad SMARTS) is 3. The molecule has 0 aromatic rings. The van der Waals surface area contributed by atoms with E-state index in [2.05, 4.69) is 0 Å². The van der Waals surface area contributed by atoms with Gasteiger partial charge in [-0.2, -0.15) is 0 Å². The van der Waals surface area contributed by atoms with E-state index in [9.17, 15) is 14.4 Å². The number of carbonyl (C=O) groups is 3.